The first-order valence-electron chi connectivity index (χ1n) is 7.89. The fourth-order valence-corrected chi connectivity index (χ4v) is 3.37. The Morgan fingerprint density at radius 1 is 1.45 bits per heavy atom. The van der Waals surface area contributed by atoms with Crippen molar-refractivity contribution in [1.29, 1.82) is 0 Å². The van der Waals surface area contributed by atoms with Crippen LogP contribution in [-0.2, 0) is 9.53 Å². The predicted molar refractivity (Wildman–Crippen MR) is 82.4 cm³/mol. The van der Waals surface area contributed by atoms with E-state index in [2.05, 4.69) is 33.0 Å². The summed E-state index contributed by atoms with van der Waals surface area (Å²) in [7, 11) is 1.68. The van der Waals surface area contributed by atoms with Crippen molar-refractivity contribution in [2.24, 2.45) is 23.0 Å². The molecule has 3 N–H and O–H groups in total. The topological polar surface area (TPSA) is 64.3 Å². The van der Waals surface area contributed by atoms with Crippen LogP contribution < -0.4 is 11.1 Å². The van der Waals surface area contributed by atoms with Crippen LogP contribution in [0.2, 0.25) is 0 Å². The van der Waals surface area contributed by atoms with Gasteiger partial charge < -0.3 is 15.8 Å². The van der Waals surface area contributed by atoms with Crippen LogP contribution in [-0.4, -0.2) is 31.7 Å². The zero-order valence-corrected chi connectivity index (χ0v) is 13.7. The molecular weight excluding hydrogens is 252 g/mol. The Balaban J connectivity index is 2.70. The molecule has 20 heavy (non-hydrogen) atoms. The van der Waals surface area contributed by atoms with E-state index in [1.807, 2.05) is 0 Å². The first-order chi connectivity index (χ1) is 9.34. The summed E-state index contributed by atoms with van der Waals surface area (Å²) in [5, 5.41) is 3.17. The van der Waals surface area contributed by atoms with E-state index in [-0.39, 0.29) is 29.3 Å². The Hall–Kier alpha value is -0.610. The molecule has 4 nitrogen and oxygen atoms in total. The molecule has 0 aromatic heterocycles. The van der Waals surface area contributed by atoms with Gasteiger partial charge in [0, 0.05) is 19.1 Å². The number of nitrogens with one attached hydrogen (secondary N) is 1. The van der Waals surface area contributed by atoms with Gasteiger partial charge in [-0.2, -0.15) is 0 Å². The van der Waals surface area contributed by atoms with Gasteiger partial charge >= 0.3 is 0 Å². The maximum absolute atomic E-state index is 12.6. The molecular formula is C16H32N2O2. The monoisotopic (exact) mass is 284 g/mol. The van der Waals surface area contributed by atoms with E-state index < -0.39 is 0 Å². The van der Waals surface area contributed by atoms with Crippen molar-refractivity contribution in [3.05, 3.63) is 0 Å². The largest absolute Gasteiger partial charge is 0.383 e. The summed E-state index contributed by atoms with van der Waals surface area (Å²) in [6.45, 7) is 9.23. The second kappa shape index (κ2) is 7.41. The number of carbonyl (C=O) groups excluding carboxylic acids is 1. The minimum Gasteiger partial charge on any atom is -0.383 e. The highest BCUT2D eigenvalue weighted by Gasteiger charge is 2.45. The van der Waals surface area contributed by atoms with Crippen molar-refractivity contribution in [3.63, 3.8) is 0 Å². The lowest BCUT2D eigenvalue weighted by atomic mass is 9.61. The van der Waals surface area contributed by atoms with E-state index in [9.17, 15) is 4.79 Å². The Labute approximate surface area is 123 Å². The van der Waals surface area contributed by atoms with Crippen LogP contribution in [0.5, 0.6) is 0 Å². The normalized spacial score (nSPS) is 30.8. The molecule has 0 aromatic carbocycles. The second-order valence-electron chi connectivity index (χ2n) is 6.85. The van der Waals surface area contributed by atoms with Gasteiger partial charge in [-0.15, -0.1) is 0 Å². The molecule has 4 heteroatoms. The van der Waals surface area contributed by atoms with Crippen LogP contribution in [0.4, 0.5) is 0 Å². The van der Waals surface area contributed by atoms with E-state index in [0.717, 1.165) is 25.7 Å². The summed E-state index contributed by atoms with van der Waals surface area (Å²) in [6, 6.07) is 0.332. The summed E-state index contributed by atoms with van der Waals surface area (Å²) in [5.41, 5.74) is 6.11. The number of rotatable bonds is 6. The highest BCUT2D eigenvalue weighted by atomic mass is 16.5. The molecule has 1 amide bonds. The highest BCUT2D eigenvalue weighted by Crippen LogP contribution is 2.44. The van der Waals surface area contributed by atoms with Crippen LogP contribution in [0.15, 0.2) is 0 Å². The fraction of sp³-hybridized carbons (Fsp3) is 0.938. The number of methoxy groups -OCH3 is 1. The molecule has 1 fully saturated rings. The lowest BCUT2D eigenvalue weighted by molar-refractivity contribution is -0.133. The van der Waals surface area contributed by atoms with Crippen molar-refractivity contribution in [3.8, 4) is 0 Å². The average Bonchev–Trinajstić information content (AvgIpc) is 2.36. The lowest BCUT2D eigenvalue weighted by Gasteiger charge is -2.46. The molecule has 0 bridgehead atoms. The number of nitrogens with two attached hydrogens (primary N) is 1. The third-order valence-corrected chi connectivity index (χ3v) is 5.17. The van der Waals surface area contributed by atoms with E-state index in [1.54, 1.807) is 7.11 Å². The third-order valence-electron chi connectivity index (χ3n) is 5.17. The average molecular weight is 284 g/mol. The maximum Gasteiger partial charge on any atom is 0.223 e. The van der Waals surface area contributed by atoms with Gasteiger partial charge in [0.2, 0.25) is 5.91 Å². The molecule has 0 radical (unpaired) electrons. The van der Waals surface area contributed by atoms with Gasteiger partial charge in [0.1, 0.15) is 0 Å². The van der Waals surface area contributed by atoms with E-state index >= 15 is 0 Å². The van der Waals surface area contributed by atoms with Crippen LogP contribution in [0.3, 0.4) is 0 Å². The van der Waals surface area contributed by atoms with Gasteiger partial charge in [0.05, 0.1) is 12.6 Å². The smallest absolute Gasteiger partial charge is 0.223 e. The van der Waals surface area contributed by atoms with Crippen molar-refractivity contribution < 1.29 is 9.53 Å². The van der Waals surface area contributed by atoms with E-state index in [1.165, 1.54) is 0 Å². The Bertz CT molecular complexity index is 312. The van der Waals surface area contributed by atoms with Crippen LogP contribution in [0, 0.1) is 17.3 Å². The molecule has 0 heterocycles. The van der Waals surface area contributed by atoms with Crippen LogP contribution in [0.1, 0.15) is 53.4 Å². The Kier molecular flexibility index (Phi) is 6.46. The third kappa shape index (κ3) is 3.95. The fourth-order valence-electron chi connectivity index (χ4n) is 3.37. The van der Waals surface area contributed by atoms with Gasteiger partial charge in [-0.25, -0.2) is 0 Å². The zero-order chi connectivity index (χ0) is 15.3. The molecule has 1 aliphatic rings. The molecule has 1 aliphatic carbocycles. The first kappa shape index (κ1) is 17.4. The van der Waals surface area contributed by atoms with Gasteiger partial charge in [0.15, 0.2) is 0 Å². The lowest BCUT2D eigenvalue weighted by Crippen LogP contribution is -2.53. The molecule has 0 aliphatic heterocycles. The van der Waals surface area contributed by atoms with Gasteiger partial charge in [-0.05, 0) is 30.6 Å². The first-order valence-corrected chi connectivity index (χ1v) is 7.89. The SMILES string of the molecule is CCCC(COC)NC(=O)C1CCC(N)C(C)C1(C)C. The van der Waals surface area contributed by atoms with Crippen molar-refractivity contribution in [2.75, 3.05) is 13.7 Å². The Morgan fingerprint density at radius 3 is 2.65 bits per heavy atom. The second-order valence-corrected chi connectivity index (χ2v) is 6.85. The summed E-state index contributed by atoms with van der Waals surface area (Å²) in [5.74, 6) is 0.580. The summed E-state index contributed by atoms with van der Waals surface area (Å²) < 4.78 is 5.20. The standard InChI is InChI=1S/C16H32N2O2/c1-6-7-12(10-20-5)18-15(19)13-8-9-14(17)11(2)16(13,3)4/h11-14H,6-10,17H2,1-5H3,(H,18,19). The van der Waals surface area contributed by atoms with E-state index in [4.69, 9.17) is 10.5 Å². The quantitative estimate of drug-likeness (QED) is 0.786. The summed E-state index contributed by atoms with van der Waals surface area (Å²) >= 11 is 0. The number of hydrogen-bond donors (Lipinski definition) is 2. The van der Waals surface area contributed by atoms with Crippen molar-refractivity contribution in [2.45, 2.75) is 65.5 Å². The molecule has 0 aromatic rings. The molecule has 4 atom stereocenters. The molecule has 118 valence electrons. The highest BCUT2D eigenvalue weighted by molar-refractivity contribution is 5.80. The molecule has 1 saturated carbocycles. The summed E-state index contributed by atoms with van der Waals surface area (Å²) in [6.07, 6.45) is 3.83. The number of hydrogen-bond acceptors (Lipinski definition) is 3. The number of carbonyl (C=O) groups is 1. The zero-order valence-electron chi connectivity index (χ0n) is 13.7. The Morgan fingerprint density at radius 2 is 2.10 bits per heavy atom. The molecule has 1 rings (SSSR count). The van der Waals surface area contributed by atoms with Gasteiger partial charge in [-0.1, -0.05) is 34.1 Å². The molecule has 0 saturated heterocycles. The minimum absolute atomic E-state index is 0.0495. The van der Waals surface area contributed by atoms with Crippen molar-refractivity contribution >= 4 is 5.91 Å². The predicted octanol–water partition coefficient (Wildman–Crippen LogP) is 2.32. The minimum atomic E-state index is -0.0500. The molecule has 4 unspecified atom stereocenters. The number of ether oxygens (including phenoxy) is 1. The van der Waals surface area contributed by atoms with Crippen LogP contribution in [0.25, 0.3) is 0 Å². The van der Waals surface area contributed by atoms with Crippen molar-refractivity contribution in [1.82, 2.24) is 5.32 Å². The van der Waals surface area contributed by atoms with Gasteiger partial charge in [-0.3, -0.25) is 4.79 Å². The summed E-state index contributed by atoms with van der Waals surface area (Å²) in [4.78, 5) is 12.6. The molecule has 0 spiro atoms. The van der Waals surface area contributed by atoms with E-state index in [0.29, 0.717) is 12.5 Å². The maximum atomic E-state index is 12.6. The van der Waals surface area contributed by atoms with Crippen LogP contribution >= 0.6 is 0 Å². The number of amides is 1. The van der Waals surface area contributed by atoms with Gasteiger partial charge in [0.25, 0.3) is 0 Å².